The van der Waals surface area contributed by atoms with E-state index in [-0.39, 0.29) is 42.4 Å². The Morgan fingerprint density at radius 2 is 1.86 bits per heavy atom. The number of nitrogens with one attached hydrogen (secondary N) is 1. The van der Waals surface area contributed by atoms with E-state index in [9.17, 15) is 14.4 Å². The topological polar surface area (TPSA) is 103 Å². The fourth-order valence-corrected chi connectivity index (χ4v) is 2.54. The molecule has 1 aromatic carbocycles. The van der Waals surface area contributed by atoms with Gasteiger partial charge in [-0.2, -0.15) is 0 Å². The van der Waals surface area contributed by atoms with Crippen molar-refractivity contribution in [2.45, 2.75) is 19.9 Å². The summed E-state index contributed by atoms with van der Waals surface area (Å²) in [5.74, 6) is -0.566. The molecule has 1 aliphatic heterocycles. The first-order valence-corrected chi connectivity index (χ1v) is 9.03. The number of hydrogen-bond acceptors (Lipinski definition) is 7. The average molecular weight is 394 g/mol. The zero-order valence-corrected chi connectivity index (χ0v) is 16.4. The second-order valence-corrected chi connectivity index (χ2v) is 6.45. The van der Waals surface area contributed by atoms with Crippen molar-refractivity contribution in [1.82, 2.24) is 10.2 Å². The van der Waals surface area contributed by atoms with Crippen LogP contribution < -0.4 is 14.8 Å². The van der Waals surface area contributed by atoms with Gasteiger partial charge in [0.15, 0.2) is 24.7 Å². The number of hydrogen-bond donors (Lipinski definition) is 1. The van der Waals surface area contributed by atoms with E-state index in [1.165, 1.54) is 25.3 Å². The van der Waals surface area contributed by atoms with Crippen LogP contribution in [0.2, 0.25) is 0 Å². The van der Waals surface area contributed by atoms with Crippen molar-refractivity contribution in [2.24, 2.45) is 0 Å². The summed E-state index contributed by atoms with van der Waals surface area (Å²) in [7, 11) is 1.43. The van der Waals surface area contributed by atoms with Gasteiger partial charge in [-0.1, -0.05) is 0 Å². The van der Waals surface area contributed by atoms with Gasteiger partial charge < -0.3 is 29.2 Å². The Hall–Kier alpha value is -2.81. The standard InChI is InChI=1S/C19H26N2O7/c1-13(2)20-17(22)11-28-19(24)14-4-5-15(16(10-14)25-3)27-12-18(23)21-6-8-26-9-7-21/h4-5,10,13H,6-9,11-12H2,1-3H3,(H,20,22). The second-order valence-electron chi connectivity index (χ2n) is 6.45. The highest BCUT2D eigenvalue weighted by Crippen LogP contribution is 2.28. The number of carbonyl (C=O) groups excluding carboxylic acids is 3. The summed E-state index contributed by atoms with van der Waals surface area (Å²) in [5.41, 5.74) is 0.209. The molecule has 1 saturated heterocycles. The molecule has 1 N–H and O–H groups in total. The van der Waals surface area contributed by atoms with Gasteiger partial charge in [0, 0.05) is 19.1 Å². The quantitative estimate of drug-likeness (QED) is 0.645. The first-order chi connectivity index (χ1) is 13.4. The summed E-state index contributed by atoms with van der Waals surface area (Å²) in [5, 5.41) is 2.63. The second kappa shape index (κ2) is 10.5. The molecule has 28 heavy (non-hydrogen) atoms. The Kier molecular flexibility index (Phi) is 8.06. The van der Waals surface area contributed by atoms with Crippen LogP contribution in [-0.4, -0.2) is 75.4 Å². The fourth-order valence-electron chi connectivity index (χ4n) is 2.54. The van der Waals surface area contributed by atoms with Gasteiger partial charge in [-0.05, 0) is 32.0 Å². The third-order valence-electron chi connectivity index (χ3n) is 3.90. The van der Waals surface area contributed by atoms with E-state index < -0.39 is 5.97 Å². The van der Waals surface area contributed by atoms with Gasteiger partial charge in [-0.15, -0.1) is 0 Å². The van der Waals surface area contributed by atoms with Crippen LogP contribution >= 0.6 is 0 Å². The van der Waals surface area contributed by atoms with Crippen molar-refractivity contribution < 1.29 is 33.3 Å². The number of nitrogens with zero attached hydrogens (tertiary/aromatic N) is 1. The molecule has 154 valence electrons. The van der Waals surface area contributed by atoms with E-state index >= 15 is 0 Å². The minimum absolute atomic E-state index is 0.0390. The predicted octanol–water partition coefficient (Wildman–Crippen LogP) is 0.614. The summed E-state index contributed by atoms with van der Waals surface area (Å²) in [6.45, 7) is 5.21. The SMILES string of the molecule is COc1cc(C(=O)OCC(=O)NC(C)C)ccc1OCC(=O)N1CCOCC1. The molecule has 2 rings (SSSR count). The average Bonchev–Trinajstić information content (AvgIpc) is 2.70. The lowest BCUT2D eigenvalue weighted by Gasteiger charge is -2.26. The molecule has 0 saturated carbocycles. The molecular formula is C19H26N2O7. The minimum Gasteiger partial charge on any atom is -0.493 e. The summed E-state index contributed by atoms with van der Waals surface area (Å²) in [4.78, 5) is 37.5. The normalized spacial score (nSPS) is 13.8. The van der Waals surface area contributed by atoms with Crippen molar-refractivity contribution in [1.29, 1.82) is 0 Å². The third-order valence-corrected chi connectivity index (χ3v) is 3.90. The Labute approximate surface area is 163 Å². The van der Waals surface area contributed by atoms with Gasteiger partial charge >= 0.3 is 5.97 Å². The van der Waals surface area contributed by atoms with Gasteiger partial charge in [0.05, 0.1) is 25.9 Å². The van der Waals surface area contributed by atoms with E-state index in [1.54, 1.807) is 4.90 Å². The summed E-state index contributed by atoms with van der Waals surface area (Å²) >= 11 is 0. The number of methoxy groups -OCH3 is 1. The van der Waals surface area contributed by atoms with Gasteiger partial charge in [0.2, 0.25) is 0 Å². The molecule has 9 heteroatoms. The highest BCUT2D eigenvalue weighted by Gasteiger charge is 2.19. The molecule has 2 amide bonds. The summed E-state index contributed by atoms with van der Waals surface area (Å²) in [6, 6.07) is 4.41. The number of rotatable bonds is 8. The predicted molar refractivity (Wildman–Crippen MR) is 99.4 cm³/mol. The molecule has 0 aromatic heterocycles. The van der Waals surface area contributed by atoms with Crippen molar-refractivity contribution >= 4 is 17.8 Å². The maximum Gasteiger partial charge on any atom is 0.338 e. The van der Waals surface area contributed by atoms with Gasteiger partial charge in [-0.3, -0.25) is 9.59 Å². The van der Waals surface area contributed by atoms with Crippen molar-refractivity contribution in [3.8, 4) is 11.5 Å². The zero-order valence-electron chi connectivity index (χ0n) is 16.4. The zero-order chi connectivity index (χ0) is 20.5. The van der Waals surface area contributed by atoms with Crippen LogP contribution in [0.4, 0.5) is 0 Å². The molecule has 0 aliphatic carbocycles. The highest BCUT2D eigenvalue weighted by molar-refractivity contribution is 5.92. The van der Waals surface area contributed by atoms with Crippen LogP contribution in [0.3, 0.4) is 0 Å². The highest BCUT2D eigenvalue weighted by atomic mass is 16.5. The first-order valence-electron chi connectivity index (χ1n) is 9.03. The van der Waals surface area contributed by atoms with Gasteiger partial charge in [-0.25, -0.2) is 4.79 Å². The number of carbonyl (C=O) groups is 3. The maximum absolute atomic E-state index is 12.2. The first kappa shape index (κ1) is 21.5. The van der Waals surface area contributed by atoms with Gasteiger partial charge in [0.1, 0.15) is 0 Å². The smallest absolute Gasteiger partial charge is 0.338 e. The lowest BCUT2D eigenvalue weighted by atomic mass is 10.2. The van der Waals surface area contributed by atoms with Crippen LogP contribution in [0.1, 0.15) is 24.2 Å². The monoisotopic (exact) mass is 394 g/mol. The van der Waals surface area contributed by atoms with E-state index in [0.717, 1.165) is 0 Å². The summed E-state index contributed by atoms with van der Waals surface area (Å²) in [6.07, 6.45) is 0. The van der Waals surface area contributed by atoms with E-state index in [4.69, 9.17) is 18.9 Å². The number of ether oxygens (including phenoxy) is 4. The minimum atomic E-state index is -0.659. The largest absolute Gasteiger partial charge is 0.493 e. The van der Waals surface area contributed by atoms with Crippen LogP contribution in [0.5, 0.6) is 11.5 Å². The van der Waals surface area contributed by atoms with Crippen molar-refractivity contribution in [3.63, 3.8) is 0 Å². The van der Waals surface area contributed by atoms with Gasteiger partial charge in [0.25, 0.3) is 11.8 Å². The Morgan fingerprint density at radius 1 is 1.14 bits per heavy atom. The molecule has 0 bridgehead atoms. The fraction of sp³-hybridized carbons (Fsp3) is 0.526. The number of benzene rings is 1. The maximum atomic E-state index is 12.2. The molecule has 1 aliphatic rings. The lowest BCUT2D eigenvalue weighted by molar-refractivity contribution is -0.137. The third kappa shape index (κ3) is 6.41. The van der Waals surface area contributed by atoms with E-state index in [1.807, 2.05) is 13.8 Å². The Morgan fingerprint density at radius 3 is 2.50 bits per heavy atom. The molecule has 1 aromatic rings. The van der Waals surface area contributed by atoms with Crippen LogP contribution in [0, 0.1) is 0 Å². The Bertz CT molecular complexity index is 700. The van der Waals surface area contributed by atoms with Crippen molar-refractivity contribution in [2.75, 3.05) is 46.6 Å². The van der Waals surface area contributed by atoms with E-state index in [2.05, 4.69) is 5.32 Å². The molecular weight excluding hydrogens is 368 g/mol. The molecule has 0 spiro atoms. The van der Waals surface area contributed by atoms with Crippen LogP contribution in [-0.2, 0) is 19.1 Å². The molecule has 9 nitrogen and oxygen atoms in total. The van der Waals surface area contributed by atoms with Crippen LogP contribution in [0.25, 0.3) is 0 Å². The molecule has 0 unspecified atom stereocenters. The number of amides is 2. The molecule has 0 atom stereocenters. The molecule has 0 radical (unpaired) electrons. The van der Waals surface area contributed by atoms with E-state index in [0.29, 0.717) is 32.1 Å². The van der Waals surface area contributed by atoms with Crippen LogP contribution in [0.15, 0.2) is 18.2 Å². The molecule has 1 heterocycles. The number of morpholine rings is 1. The number of esters is 1. The Balaban J connectivity index is 1.92. The van der Waals surface area contributed by atoms with Crippen molar-refractivity contribution in [3.05, 3.63) is 23.8 Å². The lowest BCUT2D eigenvalue weighted by Crippen LogP contribution is -2.43. The molecule has 1 fully saturated rings. The summed E-state index contributed by atoms with van der Waals surface area (Å²) < 4.78 is 21.0.